The van der Waals surface area contributed by atoms with Crippen LogP contribution in [0.4, 0.5) is 0 Å². The zero-order valence-electron chi connectivity index (χ0n) is 16.8. The third-order valence-electron chi connectivity index (χ3n) is 4.47. The molecular weight excluding hydrogens is 358 g/mol. The summed E-state index contributed by atoms with van der Waals surface area (Å²) in [7, 11) is 0. The highest BCUT2D eigenvalue weighted by Crippen LogP contribution is 2.22. The monoisotopic (exact) mass is 391 g/mol. The van der Waals surface area contributed by atoms with Crippen molar-refractivity contribution in [2.75, 3.05) is 52.4 Å². The molecule has 1 aliphatic heterocycles. The van der Waals surface area contributed by atoms with Gasteiger partial charge in [-0.05, 0) is 19.1 Å². The number of nitrogens with one attached hydrogen (secondary N) is 2. The Labute approximate surface area is 167 Å². The fourth-order valence-corrected chi connectivity index (χ4v) is 3.88. The van der Waals surface area contributed by atoms with Crippen LogP contribution < -0.4 is 10.6 Å². The normalized spacial score (nSPS) is 16.9. The van der Waals surface area contributed by atoms with Crippen LogP contribution in [-0.4, -0.2) is 79.3 Å². The van der Waals surface area contributed by atoms with Crippen molar-refractivity contribution >= 4 is 23.6 Å². The van der Waals surface area contributed by atoms with Crippen molar-refractivity contribution in [2.24, 2.45) is 4.99 Å². The zero-order valence-corrected chi connectivity index (χ0v) is 17.6. The lowest BCUT2D eigenvalue weighted by Gasteiger charge is -2.34. The van der Waals surface area contributed by atoms with E-state index >= 15 is 0 Å². The minimum atomic E-state index is 0.178. The van der Waals surface area contributed by atoms with Crippen LogP contribution in [0.15, 0.2) is 40.2 Å². The van der Waals surface area contributed by atoms with Gasteiger partial charge in [-0.25, -0.2) is 0 Å². The average molecular weight is 392 g/mol. The summed E-state index contributed by atoms with van der Waals surface area (Å²) in [6.45, 7) is 12.9. The van der Waals surface area contributed by atoms with E-state index in [-0.39, 0.29) is 5.91 Å². The molecule has 0 bridgehead atoms. The molecule has 0 aliphatic carbocycles. The van der Waals surface area contributed by atoms with E-state index in [1.165, 1.54) is 4.90 Å². The predicted octanol–water partition coefficient (Wildman–Crippen LogP) is 1.89. The Morgan fingerprint density at radius 1 is 1.19 bits per heavy atom. The number of carbonyl (C=O) groups excluding carboxylic acids is 1. The maximum absolute atomic E-state index is 11.4. The number of thioether (sulfide) groups is 1. The number of piperazine rings is 1. The fraction of sp³-hybridized carbons (Fsp3) is 0.600. The van der Waals surface area contributed by atoms with E-state index in [4.69, 9.17) is 4.99 Å². The first-order valence-electron chi connectivity index (χ1n) is 9.80. The molecule has 1 fully saturated rings. The van der Waals surface area contributed by atoms with Crippen molar-refractivity contribution in [3.63, 3.8) is 0 Å². The first kappa shape index (κ1) is 21.6. The van der Waals surface area contributed by atoms with Crippen molar-refractivity contribution < 1.29 is 4.79 Å². The molecule has 1 unspecified atom stereocenters. The number of hydrogen-bond acceptors (Lipinski definition) is 4. The smallest absolute Gasteiger partial charge is 0.219 e. The van der Waals surface area contributed by atoms with Gasteiger partial charge in [-0.1, -0.05) is 25.1 Å². The number of aliphatic imine (C=N–C) groups is 1. The Kier molecular flexibility index (Phi) is 9.48. The van der Waals surface area contributed by atoms with Crippen molar-refractivity contribution in [3.05, 3.63) is 30.3 Å². The molecule has 0 aromatic heterocycles. The molecule has 7 heteroatoms. The maximum atomic E-state index is 11.4. The van der Waals surface area contributed by atoms with Crippen LogP contribution in [0, 0.1) is 0 Å². The summed E-state index contributed by atoms with van der Waals surface area (Å²) in [5.74, 6) is 1.05. The lowest BCUT2D eigenvalue weighted by atomic mass is 10.3. The molecule has 2 N–H and O–H groups in total. The highest BCUT2D eigenvalue weighted by Gasteiger charge is 2.17. The van der Waals surface area contributed by atoms with Gasteiger partial charge in [0.1, 0.15) is 0 Å². The Morgan fingerprint density at radius 3 is 2.52 bits per heavy atom. The number of guanidine groups is 1. The molecular formula is C20H33N5OS. The van der Waals surface area contributed by atoms with Crippen LogP contribution in [0.25, 0.3) is 0 Å². The van der Waals surface area contributed by atoms with Crippen LogP contribution in [0.5, 0.6) is 0 Å². The van der Waals surface area contributed by atoms with Gasteiger partial charge in [0.2, 0.25) is 5.91 Å². The molecule has 1 aromatic rings. The number of amides is 1. The summed E-state index contributed by atoms with van der Waals surface area (Å²) < 4.78 is 0. The molecule has 1 aliphatic rings. The second-order valence-corrected chi connectivity index (χ2v) is 8.25. The SMILES string of the molecule is CCNC(=NCC(C)Sc1ccccc1)NCCN1CCN(C(C)=O)CC1. The summed E-state index contributed by atoms with van der Waals surface area (Å²) in [6.07, 6.45) is 0. The average Bonchev–Trinajstić information content (AvgIpc) is 2.67. The van der Waals surface area contributed by atoms with Gasteiger partial charge in [0.25, 0.3) is 0 Å². The summed E-state index contributed by atoms with van der Waals surface area (Å²) in [6, 6.07) is 10.5. The van der Waals surface area contributed by atoms with Crippen LogP contribution in [-0.2, 0) is 4.79 Å². The Balaban J connectivity index is 1.71. The molecule has 1 saturated heterocycles. The molecule has 2 rings (SSSR count). The molecule has 150 valence electrons. The molecule has 1 amide bonds. The molecule has 1 heterocycles. The first-order chi connectivity index (χ1) is 13.1. The van der Waals surface area contributed by atoms with Gasteiger partial charge in [-0.15, -0.1) is 11.8 Å². The van der Waals surface area contributed by atoms with E-state index in [1.807, 2.05) is 22.7 Å². The molecule has 6 nitrogen and oxygen atoms in total. The van der Waals surface area contributed by atoms with Crippen molar-refractivity contribution in [1.29, 1.82) is 0 Å². The number of hydrogen-bond donors (Lipinski definition) is 2. The van der Waals surface area contributed by atoms with Gasteiger partial charge in [0, 0.05) is 62.9 Å². The van der Waals surface area contributed by atoms with E-state index in [1.54, 1.807) is 6.92 Å². The molecule has 1 aromatic carbocycles. The van der Waals surface area contributed by atoms with Crippen molar-refractivity contribution in [2.45, 2.75) is 30.9 Å². The number of rotatable bonds is 8. The number of nitrogens with zero attached hydrogens (tertiary/aromatic N) is 3. The lowest BCUT2D eigenvalue weighted by Crippen LogP contribution is -2.50. The highest BCUT2D eigenvalue weighted by molar-refractivity contribution is 8.00. The van der Waals surface area contributed by atoms with E-state index in [0.717, 1.165) is 58.3 Å². The van der Waals surface area contributed by atoms with E-state index in [9.17, 15) is 4.79 Å². The molecule has 0 saturated carbocycles. The van der Waals surface area contributed by atoms with Crippen molar-refractivity contribution in [1.82, 2.24) is 20.4 Å². The van der Waals surface area contributed by atoms with Gasteiger partial charge >= 0.3 is 0 Å². The Morgan fingerprint density at radius 2 is 1.89 bits per heavy atom. The Hall–Kier alpha value is -1.73. The second kappa shape index (κ2) is 11.9. The summed E-state index contributed by atoms with van der Waals surface area (Å²) in [5.41, 5.74) is 0. The maximum Gasteiger partial charge on any atom is 0.219 e. The molecule has 1 atom stereocenters. The van der Waals surface area contributed by atoms with E-state index < -0.39 is 0 Å². The largest absolute Gasteiger partial charge is 0.357 e. The van der Waals surface area contributed by atoms with Crippen LogP contribution in [0.2, 0.25) is 0 Å². The molecule has 27 heavy (non-hydrogen) atoms. The summed E-state index contributed by atoms with van der Waals surface area (Å²) >= 11 is 1.85. The third-order valence-corrected chi connectivity index (χ3v) is 5.57. The second-order valence-electron chi connectivity index (χ2n) is 6.74. The standard InChI is InChI=1S/C20H33N5OS/c1-4-21-20(23-16-17(2)27-19-8-6-5-7-9-19)22-10-11-24-12-14-25(15-13-24)18(3)26/h5-9,17H,4,10-16H2,1-3H3,(H2,21,22,23). The lowest BCUT2D eigenvalue weighted by molar-refractivity contribution is -0.130. The van der Waals surface area contributed by atoms with E-state index in [2.05, 4.69) is 53.6 Å². The van der Waals surface area contributed by atoms with Gasteiger partial charge in [0.05, 0.1) is 6.54 Å². The van der Waals surface area contributed by atoms with Crippen LogP contribution in [0.1, 0.15) is 20.8 Å². The molecule has 0 spiro atoms. The van der Waals surface area contributed by atoms with Crippen LogP contribution >= 0.6 is 11.8 Å². The summed E-state index contributed by atoms with van der Waals surface area (Å²) in [4.78, 5) is 21.7. The minimum Gasteiger partial charge on any atom is -0.357 e. The Bertz CT molecular complexity index is 587. The molecule has 0 radical (unpaired) electrons. The number of benzene rings is 1. The number of carbonyl (C=O) groups is 1. The quantitative estimate of drug-likeness (QED) is 0.403. The first-order valence-corrected chi connectivity index (χ1v) is 10.7. The van der Waals surface area contributed by atoms with Gasteiger partial charge in [-0.2, -0.15) is 0 Å². The minimum absolute atomic E-state index is 0.178. The predicted molar refractivity (Wildman–Crippen MR) is 114 cm³/mol. The van der Waals surface area contributed by atoms with Gasteiger partial charge < -0.3 is 15.5 Å². The third kappa shape index (κ3) is 8.22. The summed E-state index contributed by atoms with van der Waals surface area (Å²) in [5, 5.41) is 7.17. The van der Waals surface area contributed by atoms with E-state index in [0.29, 0.717) is 5.25 Å². The van der Waals surface area contributed by atoms with Crippen LogP contribution in [0.3, 0.4) is 0 Å². The topological polar surface area (TPSA) is 60.0 Å². The fourth-order valence-electron chi connectivity index (χ4n) is 2.95. The highest BCUT2D eigenvalue weighted by atomic mass is 32.2. The van der Waals surface area contributed by atoms with Gasteiger partial charge in [0.15, 0.2) is 5.96 Å². The van der Waals surface area contributed by atoms with Crippen molar-refractivity contribution in [3.8, 4) is 0 Å². The van der Waals surface area contributed by atoms with Gasteiger partial charge in [-0.3, -0.25) is 14.7 Å². The zero-order chi connectivity index (χ0) is 19.5.